The molecule has 0 unspecified atom stereocenters. The summed E-state index contributed by atoms with van der Waals surface area (Å²) in [6.07, 6.45) is -6.01. The third kappa shape index (κ3) is 7.67. The van der Waals surface area contributed by atoms with Crippen molar-refractivity contribution in [3.05, 3.63) is 35.9 Å². The van der Waals surface area contributed by atoms with Crippen molar-refractivity contribution in [3.63, 3.8) is 0 Å². The van der Waals surface area contributed by atoms with E-state index in [2.05, 4.69) is 5.32 Å². The van der Waals surface area contributed by atoms with Crippen molar-refractivity contribution in [2.24, 2.45) is 5.41 Å². The van der Waals surface area contributed by atoms with Crippen LogP contribution in [0.3, 0.4) is 0 Å². The summed E-state index contributed by atoms with van der Waals surface area (Å²) in [7, 11) is 0. The SMILES string of the molecule is CC(C)(CC(=O)O)CC(=O)N[C@@H](CC(F)(F)F)c1ccccc1. The minimum absolute atomic E-state index is 0.166. The quantitative estimate of drug-likeness (QED) is 0.801. The van der Waals surface area contributed by atoms with Crippen LogP contribution in [0.5, 0.6) is 0 Å². The number of carboxylic acids is 1. The third-order valence-electron chi connectivity index (χ3n) is 3.24. The maximum absolute atomic E-state index is 12.7. The van der Waals surface area contributed by atoms with Gasteiger partial charge in [-0.3, -0.25) is 9.59 Å². The van der Waals surface area contributed by atoms with Gasteiger partial charge < -0.3 is 10.4 Å². The molecule has 0 spiro atoms. The van der Waals surface area contributed by atoms with Gasteiger partial charge in [-0.25, -0.2) is 0 Å². The molecule has 1 atom stereocenters. The van der Waals surface area contributed by atoms with Crippen LogP contribution in [0.25, 0.3) is 0 Å². The molecule has 23 heavy (non-hydrogen) atoms. The summed E-state index contributed by atoms with van der Waals surface area (Å²) in [5.41, 5.74) is -0.482. The van der Waals surface area contributed by atoms with Gasteiger partial charge in [0.2, 0.25) is 5.91 Å². The smallest absolute Gasteiger partial charge is 0.391 e. The van der Waals surface area contributed by atoms with Crippen molar-refractivity contribution in [3.8, 4) is 0 Å². The molecule has 0 aliphatic carbocycles. The molecule has 1 aromatic carbocycles. The van der Waals surface area contributed by atoms with E-state index >= 15 is 0 Å². The standard InChI is InChI=1S/C16H20F3NO3/c1-15(2,10-14(22)23)9-13(21)20-12(8-16(17,18)19)11-6-4-3-5-7-11/h3-7,12H,8-10H2,1-2H3,(H,20,21)(H,22,23)/t12-/m0/s1. The van der Waals surface area contributed by atoms with Crippen LogP contribution >= 0.6 is 0 Å². The molecule has 0 aromatic heterocycles. The van der Waals surface area contributed by atoms with Crippen LogP contribution in [0, 0.1) is 5.41 Å². The molecule has 0 bridgehead atoms. The lowest BCUT2D eigenvalue weighted by Crippen LogP contribution is -2.35. The average Bonchev–Trinajstić information content (AvgIpc) is 2.34. The van der Waals surface area contributed by atoms with Crippen LogP contribution in [0.4, 0.5) is 13.2 Å². The van der Waals surface area contributed by atoms with E-state index in [0.29, 0.717) is 5.56 Å². The largest absolute Gasteiger partial charge is 0.481 e. The molecular formula is C16H20F3NO3. The number of nitrogens with one attached hydrogen (secondary N) is 1. The minimum atomic E-state index is -4.43. The van der Waals surface area contributed by atoms with Gasteiger partial charge in [-0.15, -0.1) is 0 Å². The Balaban J connectivity index is 2.81. The number of carbonyl (C=O) groups excluding carboxylic acids is 1. The summed E-state index contributed by atoms with van der Waals surface area (Å²) in [5.74, 6) is -1.66. The van der Waals surface area contributed by atoms with Crippen molar-refractivity contribution in [2.45, 2.75) is 45.3 Å². The number of aliphatic carboxylic acids is 1. The Hall–Kier alpha value is -2.05. The first-order valence-electron chi connectivity index (χ1n) is 7.11. The fourth-order valence-electron chi connectivity index (χ4n) is 2.32. The topological polar surface area (TPSA) is 66.4 Å². The highest BCUT2D eigenvalue weighted by Gasteiger charge is 2.34. The van der Waals surface area contributed by atoms with Gasteiger partial charge >= 0.3 is 12.1 Å². The number of hydrogen-bond acceptors (Lipinski definition) is 2. The predicted octanol–water partition coefficient (Wildman–Crippen LogP) is 3.69. The normalized spacial score (nSPS) is 13.4. The second kappa shape index (κ2) is 7.48. The van der Waals surface area contributed by atoms with E-state index in [9.17, 15) is 22.8 Å². The van der Waals surface area contributed by atoms with E-state index in [-0.39, 0.29) is 12.8 Å². The number of rotatable bonds is 7. The maximum atomic E-state index is 12.7. The number of halogens is 3. The minimum Gasteiger partial charge on any atom is -0.481 e. The fourth-order valence-corrected chi connectivity index (χ4v) is 2.32. The van der Waals surface area contributed by atoms with E-state index in [1.807, 2.05) is 0 Å². The highest BCUT2D eigenvalue weighted by molar-refractivity contribution is 5.78. The molecule has 0 saturated heterocycles. The molecule has 0 aliphatic heterocycles. The van der Waals surface area contributed by atoms with E-state index in [1.54, 1.807) is 32.0 Å². The Morgan fingerprint density at radius 3 is 2.17 bits per heavy atom. The molecule has 0 heterocycles. The summed E-state index contributed by atoms with van der Waals surface area (Å²) >= 11 is 0. The molecule has 4 nitrogen and oxygen atoms in total. The van der Waals surface area contributed by atoms with Crippen LogP contribution in [0.15, 0.2) is 30.3 Å². The van der Waals surface area contributed by atoms with Crippen LogP contribution < -0.4 is 5.32 Å². The molecule has 1 aromatic rings. The lowest BCUT2D eigenvalue weighted by atomic mass is 9.85. The lowest BCUT2D eigenvalue weighted by molar-refractivity contribution is -0.143. The van der Waals surface area contributed by atoms with Gasteiger partial charge in [0.25, 0.3) is 0 Å². The summed E-state index contributed by atoms with van der Waals surface area (Å²) in [5, 5.41) is 11.2. The molecule has 1 rings (SSSR count). The van der Waals surface area contributed by atoms with Gasteiger partial charge in [0.05, 0.1) is 18.9 Å². The number of benzene rings is 1. The zero-order chi connectivity index (χ0) is 17.7. The lowest BCUT2D eigenvalue weighted by Gasteiger charge is -2.25. The molecule has 0 fully saturated rings. The van der Waals surface area contributed by atoms with Gasteiger partial charge in [-0.2, -0.15) is 13.2 Å². The Labute approximate surface area is 132 Å². The highest BCUT2D eigenvalue weighted by Crippen LogP contribution is 2.31. The van der Waals surface area contributed by atoms with Crippen molar-refractivity contribution in [2.75, 3.05) is 0 Å². The first-order valence-corrected chi connectivity index (χ1v) is 7.11. The van der Waals surface area contributed by atoms with Crippen LogP contribution in [-0.2, 0) is 9.59 Å². The Morgan fingerprint density at radius 1 is 1.13 bits per heavy atom. The summed E-state index contributed by atoms with van der Waals surface area (Å²) in [4.78, 5) is 22.8. The Bertz CT molecular complexity index is 541. The van der Waals surface area contributed by atoms with Crippen molar-refractivity contribution in [1.82, 2.24) is 5.32 Å². The van der Waals surface area contributed by atoms with Crippen LogP contribution in [0.2, 0.25) is 0 Å². The summed E-state index contributed by atoms with van der Waals surface area (Å²) in [6.45, 7) is 3.17. The molecule has 0 aliphatic rings. The van der Waals surface area contributed by atoms with Crippen molar-refractivity contribution < 1.29 is 27.9 Å². The first-order chi connectivity index (χ1) is 10.5. The number of carboxylic acid groups (broad SMARTS) is 1. The summed E-state index contributed by atoms with van der Waals surface area (Å²) in [6, 6.07) is 6.70. The molecule has 1 amide bonds. The van der Waals surface area contributed by atoms with E-state index in [4.69, 9.17) is 5.11 Å². The van der Waals surface area contributed by atoms with Gasteiger partial charge in [0, 0.05) is 6.42 Å². The van der Waals surface area contributed by atoms with Crippen molar-refractivity contribution >= 4 is 11.9 Å². The van der Waals surface area contributed by atoms with Gasteiger partial charge in [-0.1, -0.05) is 44.2 Å². The van der Waals surface area contributed by atoms with Gasteiger partial charge in [0.15, 0.2) is 0 Å². The number of carbonyl (C=O) groups is 2. The predicted molar refractivity (Wildman–Crippen MR) is 78.6 cm³/mol. The number of alkyl halides is 3. The summed E-state index contributed by atoms with van der Waals surface area (Å²) < 4.78 is 38.2. The van der Waals surface area contributed by atoms with E-state index in [0.717, 1.165) is 0 Å². The molecule has 7 heteroatoms. The average molecular weight is 331 g/mol. The number of hydrogen-bond donors (Lipinski definition) is 2. The van der Waals surface area contributed by atoms with Gasteiger partial charge in [0.1, 0.15) is 0 Å². The molecule has 128 valence electrons. The van der Waals surface area contributed by atoms with Crippen LogP contribution in [-0.4, -0.2) is 23.2 Å². The fraction of sp³-hybridized carbons (Fsp3) is 0.500. The Kier molecular flexibility index (Phi) is 6.18. The monoisotopic (exact) mass is 331 g/mol. The molecular weight excluding hydrogens is 311 g/mol. The van der Waals surface area contributed by atoms with Crippen molar-refractivity contribution in [1.29, 1.82) is 0 Å². The van der Waals surface area contributed by atoms with E-state index in [1.165, 1.54) is 12.1 Å². The van der Waals surface area contributed by atoms with Crippen LogP contribution in [0.1, 0.15) is 44.7 Å². The molecule has 2 N–H and O–H groups in total. The van der Waals surface area contributed by atoms with Gasteiger partial charge in [-0.05, 0) is 11.0 Å². The zero-order valence-corrected chi connectivity index (χ0v) is 13.0. The second-order valence-electron chi connectivity index (χ2n) is 6.26. The maximum Gasteiger partial charge on any atom is 0.391 e. The molecule has 0 saturated carbocycles. The number of amides is 1. The first kappa shape index (κ1) is 19.0. The highest BCUT2D eigenvalue weighted by atomic mass is 19.4. The molecule has 0 radical (unpaired) electrons. The second-order valence-corrected chi connectivity index (χ2v) is 6.26. The van der Waals surface area contributed by atoms with E-state index < -0.39 is 35.9 Å². The Morgan fingerprint density at radius 2 is 1.70 bits per heavy atom. The third-order valence-corrected chi connectivity index (χ3v) is 3.24. The zero-order valence-electron chi connectivity index (χ0n) is 13.0.